The van der Waals surface area contributed by atoms with Gasteiger partial charge in [-0.25, -0.2) is 9.97 Å². The zero-order valence-corrected chi connectivity index (χ0v) is 12.2. The van der Waals surface area contributed by atoms with Crippen LogP contribution in [0.25, 0.3) is 0 Å². The fraction of sp³-hybridized carbons (Fsp3) is 0.214. The van der Waals surface area contributed by atoms with Crippen LogP contribution < -0.4 is 11.1 Å². The third kappa shape index (κ3) is 3.96. The number of hydrogen-bond acceptors (Lipinski definition) is 5. The molecule has 0 aliphatic carbocycles. The molecule has 2 rings (SSSR count). The van der Waals surface area contributed by atoms with E-state index in [1.165, 1.54) is 11.8 Å². The zero-order chi connectivity index (χ0) is 14.5. The fourth-order valence-corrected chi connectivity index (χ4v) is 2.13. The van der Waals surface area contributed by atoms with Crippen molar-refractivity contribution in [2.24, 2.45) is 0 Å². The molecule has 2 aromatic rings. The minimum Gasteiger partial charge on any atom is -0.399 e. The number of benzene rings is 1. The molecule has 0 fully saturated rings. The van der Waals surface area contributed by atoms with Gasteiger partial charge in [0.2, 0.25) is 5.91 Å². The van der Waals surface area contributed by atoms with Gasteiger partial charge in [0, 0.05) is 23.8 Å². The number of carbonyl (C=O) groups is 1. The Morgan fingerprint density at radius 3 is 2.70 bits per heavy atom. The number of carbonyl (C=O) groups excluding carboxylic acids is 1. The third-order valence-corrected chi connectivity index (χ3v) is 3.50. The predicted molar refractivity (Wildman–Crippen MR) is 81.7 cm³/mol. The summed E-state index contributed by atoms with van der Waals surface area (Å²) in [6.07, 6.45) is 3.46. The quantitative estimate of drug-likeness (QED) is 0.513. The second-order valence-electron chi connectivity index (χ2n) is 4.45. The van der Waals surface area contributed by atoms with Crippen LogP contribution in [0, 0.1) is 13.8 Å². The van der Waals surface area contributed by atoms with Crippen molar-refractivity contribution in [1.82, 2.24) is 9.97 Å². The van der Waals surface area contributed by atoms with E-state index < -0.39 is 0 Å². The number of nitrogens with zero attached hydrogens (tertiary/aromatic N) is 2. The number of anilines is 2. The van der Waals surface area contributed by atoms with Crippen LogP contribution in [0.1, 0.15) is 11.1 Å². The number of rotatable bonds is 4. The highest BCUT2D eigenvalue weighted by Gasteiger charge is 2.07. The molecule has 20 heavy (non-hydrogen) atoms. The monoisotopic (exact) mass is 288 g/mol. The molecule has 1 aromatic carbocycles. The van der Waals surface area contributed by atoms with Gasteiger partial charge in [-0.05, 0) is 37.1 Å². The van der Waals surface area contributed by atoms with Crippen LogP contribution in [-0.4, -0.2) is 21.6 Å². The number of nitrogens with one attached hydrogen (secondary N) is 1. The third-order valence-electron chi connectivity index (χ3n) is 2.63. The van der Waals surface area contributed by atoms with Crippen LogP contribution in [0.3, 0.4) is 0 Å². The van der Waals surface area contributed by atoms with Crippen molar-refractivity contribution >= 4 is 29.0 Å². The van der Waals surface area contributed by atoms with Gasteiger partial charge in [-0.3, -0.25) is 4.79 Å². The molecular formula is C14H16N4OS. The molecule has 0 saturated heterocycles. The Kier molecular flexibility index (Phi) is 4.57. The molecule has 3 N–H and O–H groups in total. The van der Waals surface area contributed by atoms with Crippen LogP contribution in [0.15, 0.2) is 35.7 Å². The molecule has 1 aromatic heterocycles. The molecule has 5 nitrogen and oxygen atoms in total. The van der Waals surface area contributed by atoms with E-state index in [4.69, 9.17) is 5.73 Å². The summed E-state index contributed by atoms with van der Waals surface area (Å²) in [4.78, 5) is 20.2. The Hall–Kier alpha value is -2.08. The van der Waals surface area contributed by atoms with Gasteiger partial charge in [0.05, 0.1) is 5.75 Å². The predicted octanol–water partition coefficient (Wildman–Crippen LogP) is 2.41. The molecule has 0 aliphatic heterocycles. The van der Waals surface area contributed by atoms with E-state index in [0.717, 1.165) is 16.8 Å². The highest BCUT2D eigenvalue weighted by Crippen LogP contribution is 2.19. The summed E-state index contributed by atoms with van der Waals surface area (Å²) >= 11 is 1.30. The van der Waals surface area contributed by atoms with Gasteiger partial charge < -0.3 is 11.1 Å². The van der Waals surface area contributed by atoms with Crippen LogP contribution in [0.5, 0.6) is 0 Å². The van der Waals surface area contributed by atoms with Gasteiger partial charge in [0.15, 0.2) is 5.16 Å². The van der Waals surface area contributed by atoms with Gasteiger partial charge in [-0.15, -0.1) is 0 Å². The SMILES string of the molecule is Cc1cnc(SCC(=O)Nc2cc(N)ccc2C)nc1. The lowest BCUT2D eigenvalue weighted by atomic mass is 10.2. The second-order valence-corrected chi connectivity index (χ2v) is 5.40. The van der Waals surface area contributed by atoms with Crippen molar-refractivity contribution in [3.8, 4) is 0 Å². The summed E-state index contributed by atoms with van der Waals surface area (Å²) in [6, 6.07) is 5.43. The first-order valence-electron chi connectivity index (χ1n) is 6.12. The second kappa shape index (κ2) is 6.38. The number of aryl methyl sites for hydroxylation is 2. The first kappa shape index (κ1) is 14.3. The molecule has 1 amide bonds. The van der Waals surface area contributed by atoms with Gasteiger partial charge in [0.1, 0.15) is 0 Å². The molecule has 104 valence electrons. The Balaban J connectivity index is 1.92. The smallest absolute Gasteiger partial charge is 0.234 e. The normalized spacial score (nSPS) is 10.3. The summed E-state index contributed by atoms with van der Waals surface area (Å²) in [5.74, 6) is 0.157. The van der Waals surface area contributed by atoms with E-state index in [2.05, 4.69) is 15.3 Å². The first-order valence-corrected chi connectivity index (χ1v) is 7.10. The van der Waals surface area contributed by atoms with Gasteiger partial charge in [-0.2, -0.15) is 0 Å². The average molecular weight is 288 g/mol. The van der Waals surface area contributed by atoms with Crippen molar-refractivity contribution in [2.45, 2.75) is 19.0 Å². The van der Waals surface area contributed by atoms with Crippen LogP contribution in [-0.2, 0) is 4.79 Å². The molecule has 0 radical (unpaired) electrons. The Bertz CT molecular complexity index is 613. The van der Waals surface area contributed by atoms with Gasteiger partial charge in [-0.1, -0.05) is 17.8 Å². The van der Waals surface area contributed by atoms with Crippen molar-refractivity contribution in [3.63, 3.8) is 0 Å². The van der Waals surface area contributed by atoms with Crippen molar-refractivity contribution < 1.29 is 4.79 Å². The molecule has 0 unspecified atom stereocenters. The summed E-state index contributed by atoms with van der Waals surface area (Å²) in [7, 11) is 0. The maximum atomic E-state index is 11.9. The molecule has 0 aliphatic rings. The molecule has 1 heterocycles. The van der Waals surface area contributed by atoms with E-state index in [-0.39, 0.29) is 11.7 Å². The van der Waals surface area contributed by atoms with E-state index in [1.807, 2.05) is 19.9 Å². The van der Waals surface area contributed by atoms with Crippen molar-refractivity contribution in [3.05, 3.63) is 41.7 Å². The molecular weight excluding hydrogens is 272 g/mol. The summed E-state index contributed by atoms with van der Waals surface area (Å²) in [5, 5.41) is 3.43. The highest BCUT2D eigenvalue weighted by atomic mass is 32.2. The standard InChI is InChI=1S/C14H16N4OS/c1-9-6-16-14(17-7-9)20-8-13(19)18-12-5-11(15)4-3-10(12)2/h3-7H,8,15H2,1-2H3,(H,18,19). The molecule has 0 spiro atoms. The topological polar surface area (TPSA) is 80.9 Å². The zero-order valence-electron chi connectivity index (χ0n) is 11.4. The van der Waals surface area contributed by atoms with Gasteiger partial charge >= 0.3 is 0 Å². The van der Waals surface area contributed by atoms with E-state index in [0.29, 0.717) is 10.8 Å². The Morgan fingerprint density at radius 2 is 2.00 bits per heavy atom. The van der Waals surface area contributed by atoms with E-state index >= 15 is 0 Å². The number of nitrogens with two attached hydrogens (primary N) is 1. The fourth-order valence-electron chi connectivity index (χ4n) is 1.55. The largest absolute Gasteiger partial charge is 0.399 e. The van der Waals surface area contributed by atoms with Crippen molar-refractivity contribution in [2.75, 3.05) is 16.8 Å². The minimum absolute atomic E-state index is 0.104. The lowest BCUT2D eigenvalue weighted by Gasteiger charge is -2.08. The first-order chi connectivity index (χ1) is 9.54. The summed E-state index contributed by atoms with van der Waals surface area (Å²) in [5.41, 5.74) is 9.04. The number of hydrogen-bond donors (Lipinski definition) is 2. The maximum Gasteiger partial charge on any atom is 0.234 e. The molecule has 0 bridgehead atoms. The van der Waals surface area contributed by atoms with E-state index in [1.54, 1.807) is 24.5 Å². The van der Waals surface area contributed by atoms with Crippen LogP contribution in [0.2, 0.25) is 0 Å². The van der Waals surface area contributed by atoms with E-state index in [9.17, 15) is 4.79 Å². The summed E-state index contributed by atoms with van der Waals surface area (Å²) < 4.78 is 0. The number of aromatic nitrogens is 2. The average Bonchev–Trinajstić information content (AvgIpc) is 2.42. The molecule has 6 heteroatoms. The lowest BCUT2D eigenvalue weighted by Crippen LogP contribution is -2.15. The number of nitrogen functional groups attached to an aromatic ring is 1. The Morgan fingerprint density at radius 1 is 1.30 bits per heavy atom. The van der Waals surface area contributed by atoms with Crippen LogP contribution in [0.4, 0.5) is 11.4 Å². The van der Waals surface area contributed by atoms with Crippen molar-refractivity contribution in [1.29, 1.82) is 0 Å². The Labute approximate surface area is 122 Å². The lowest BCUT2D eigenvalue weighted by molar-refractivity contribution is -0.113. The molecule has 0 saturated carbocycles. The highest BCUT2D eigenvalue weighted by molar-refractivity contribution is 7.99. The van der Waals surface area contributed by atoms with Gasteiger partial charge in [0.25, 0.3) is 0 Å². The number of amides is 1. The minimum atomic E-state index is -0.104. The van der Waals surface area contributed by atoms with Crippen LogP contribution >= 0.6 is 11.8 Å². The molecule has 0 atom stereocenters. The maximum absolute atomic E-state index is 11.9. The number of thioether (sulfide) groups is 1. The summed E-state index contributed by atoms with van der Waals surface area (Å²) in [6.45, 7) is 3.84.